The first-order valence-electron chi connectivity index (χ1n) is 18.2. The average Bonchev–Trinajstić information content (AvgIpc) is 3.35. The molecule has 0 bridgehead atoms. The van der Waals surface area contributed by atoms with E-state index in [1.165, 1.54) is 16.7 Å². The number of ether oxygens (including phenoxy) is 1. The second-order valence-electron chi connectivity index (χ2n) is 16.5. The van der Waals surface area contributed by atoms with Gasteiger partial charge in [-0.2, -0.15) is 0 Å². The Labute approximate surface area is 294 Å². The Morgan fingerprint density at radius 1 is 0.939 bits per heavy atom. The van der Waals surface area contributed by atoms with Crippen LogP contribution in [0.4, 0.5) is 0 Å². The Morgan fingerprint density at radius 2 is 1.65 bits per heavy atom. The molecule has 1 amide bonds. The SMILES string of the molecule is C[C@@H]1Cc2ccccc2[C@@H]1CC(=O)[C@H](Cc1ccccc1)C[C@@H](CN1CCN(Cc2cccnc2)C[C@H]1C(=O)NC(C)(C)C)OC(C)(C)C. The molecule has 1 fully saturated rings. The van der Waals surface area contributed by atoms with Crippen LogP contribution in [0.1, 0.15) is 89.5 Å². The van der Waals surface area contributed by atoms with Crippen molar-refractivity contribution in [2.75, 3.05) is 26.2 Å². The predicted octanol–water partition coefficient (Wildman–Crippen LogP) is 6.85. The molecule has 7 heteroatoms. The van der Waals surface area contributed by atoms with Crippen LogP contribution in [-0.4, -0.2) is 75.9 Å². The largest absolute Gasteiger partial charge is 0.371 e. The van der Waals surface area contributed by atoms with E-state index in [9.17, 15) is 9.59 Å². The van der Waals surface area contributed by atoms with Crippen LogP contribution in [0.2, 0.25) is 0 Å². The van der Waals surface area contributed by atoms with Crippen molar-refractivity contribution in [1.29, 1.82) is 0 Å². The van der Waals surface area contributed by atoms with Crippen molar-refractivity contribution in [3.63, 3.8) is 0 Å². The minimum Gasteiger partial charge on any atom is -0.371 e. The molecule has 264 valence electrons. The van der Waals surface area contributed by atoms with Crippen LogP contribution in [0.25, 0.3) is 0 Å². The van der Waals surface area contributed by atoms with Gasteiger partial charge in [-0.15, -0.1) is 0 Å². The Hall–Kier alpha value is -3.39. The first kappa shape index (κ1) is 36.9. The number of carbonyl (C=O) groups is 2. The van der Waals surface area contributed by atoms with E-state index in [1.54, 1.807) is 6.20 Å². The second kappa shape index (κ2) is 16.1. The minimum atomic E-state index is -0.408. The lowest BCUT2D eigenvalue weighted by molar-refractivity contribution is -0.136. The lowest BCUT2D eigenvalue weighted by atomic mass is 9.82. The summed E-state index contributed by atoms with van der Waals surface area (Å²) in [6, 6.07) is 22.7. The van der Waals surface area contributed by atoms with Crippen LogP contribution >= 0.6 is 0 Å². The van der Waals surface area contributed by atoms with E-state index in [-0.39, 0.29) is 35.4 Å². The molecule has 5 atom stereocenters. The van der Waals surface area contributed by atoms with Crippen molar-refractivity contribution in [2.24, 2.45) is 11.8 Å². The van der Waals surface area contributed by atoms with E-state index in [1.807, 2.05) is 39.1 Å². The molecule has 0 radical (unpaired) electrons. The molecule has 2 heterocycles. The van der Waals surface area contributed by atoms with Gasteiger partial charge in [0.1, 0.15) is 11.8 Å². The third-order valence-electron chi connectivity index (χ3n) is 9.90. The summed E-state index contributed by atoms with van der Waals surface area (Å²) in [7, 11) is 0. The number of amides is 1. The fraction of sp³-hybridized carbons (Fsp3) is 0.548. The Kier molecular flexibility index (Phi) is 12.1. The molecule has 5 rings (SSSR count). The highest BCUT2D eigenvalue weighted by Gasteiger charge is 2.38. The summed E-state index contributed by atoms with van der Waals surface area (Å²) in [4.78, 5) is 37.3. The summed E-state index contributed by atoms with van der Waals surface area (Å²) < 4.78 is 6.81. The number of pyridine rings is 1. The van der Waals surface area contributed by atoms with E-state index < -0.39 is 5.60 Å². The fourth-order valence-corrected chi connectivity index (χ4v) is 7.73. The highest BCUT2D eigenvalue weighted by molar-refractivity contribution is 5.83. The van der Waals surface area contributed by atoms with E-state index in [2.05, 4.69) is 102 Å². The van der Waals surface area contributed by atoms with E-state index in [0.29, 0.717) is 44.1 Å². The second-order valence-corrected chi connectivity index (χ2v) is 16.5. The number of aromatic nitrogens is 1. The maximum absolute atomic E-state index is 14.5. The highest BCUT2D eigenvalue weighted by atomic mass is 16.5. The van der Waals surface area contributed by atoms with Gasteiger partial charge in [0.25, 0.3) is 0 Å². The van der Waals surface area contributed by atoms with Crippen molar-refractivity contribution in [2.45, 2.75) is 110 Å². The molecular weight excluding hydrogens is 608 g/mol. The van der Waals surface area contributed by atoms with E-state index >= 15 is 0 Å². The van der Waals surface area contributed by atoms with Gasteiger partial charge >= 0.3 is 0 Å². The third kappa shape index (κ3) is 10.8. The molecular formula is C42H58N4O3. The quantitative estimate of drug-likeness (QED) is 0.215. The van der Waals surface area contributed by atoms with Gasteiger partial charge in [-0.3, -0.25) is 24.4 Å². The van der Waals surface area contributed by atoms with Crippen molar-refractivity contribution < 1.29 is 14.3 Å². The van der Waals surface area contributed by atoms with Crippen LogP contribution in [-0.2, 0) is 33.7 Å². The summed E-state index contributed by atoms with van der Waals surface area (Å²) in [5.74, 6) is 0.822. The summed E-state index contributed by atoms with van der Waals surface area (Å²) in [6.07, 6.45) is 6.33. The van der Waals surface area contributed by atoms with Gasteiger partial charge in [-0.25, -0.2) is 0 Å². The number of carbonyl (C=O) groups excluding carboxylic acids is 2. The average molecular weight is 667 g/mol. The Bertz CT molecular complexity index is 1510. The van der Waals surface area contributed by atoms with Crippen molar-refractivity contribution in [1.82, 2.24) is 20.1 Å². The van der Waals surface area contributed by atoms with Gasteiger partial charge in [-0.05, 0) is 101 Å². The minimum absolute atomic E-state index is 0.0312. The van der Waals surface area contributed by atoms with Crippen LogP contribution < -0.4 is 5.32 Å². The molecule has 1 aromatic heterocycles. The molecule has 1 aliphatic heterocycles. The zero-order chi connectivity index (χ0) is 35.2. The molecule has 49 heavy (non-hydrogen) atoms. The van der Waals surface area contributed by atoms with Crippen molar-refractivity contribution in [3.8, 4) is 0 Å². The zero-order valence-corrected chi connectivity index (χ0v) is 30.8. The number of hydrogen-bond acceptors (Lipinski definition) is 6. The highest BCUT2D eigenvalue weighted by Crippen LogP contribution is 2.41. The number of nitrogens with one attached hydrogen (secondary N) is 1. The molecule has 0 spiro atoms. The van der Waals surface area contributed by atoms with Crippen LogP contribution in [0.5, 0.6) is 0 Å². The van der Waals surface area contributed by atoms with Gasteiger partial charge in [0.05, 0.1) is 11.7 Å². The number of ketones is 1. The predicted molar refractivity (Wildman–Crippen MR) is 197 cm³/mol. The molecule has 3 aromatic rings. The molecule has 0 saturated carbocycles. The monoisotopic (exact) mass is 666 g/mol. The fourth-order valence-electron chi connectivity index (χ4n) is 7.73. The summed E-state index contributed by atoms with van der Waals surface area (Å²) in [6.45, 7) is 18.1. The molecule has 0 unspecified atom stereocenters. The number of fused-ring (bicyclic) bond motifs is 1. The van der Waals surface area contributed by atoms with E-state index in [0.717, 1.165) is 31.6 Å². The topological polar surface area (TPSA) is 74.8 Å². The summed E-state index contributed by atoms with van der Waals surface area (Å²) in [5.41, 5.74) is 4.27. The molecule has 1 N–H and O–H groups in total. The van der Waals surface area contributed by atoms with Gasteiger partial charge in [-0.1, -0.05) is 67.6 Å². The summed E-state index contributed by atoms with van der Waals surface area (Å²) in [5, 5.41) is 3.25. The van der Waals surface area contributed by atoms with E-state index in [4.69, 9.17) is 4.74 Å². The van der Waals surface area contributed by atoms with Crippen molar-refractivity contribution >= 4 is 11.7 Å². The van der Waals surface area contributed by atoms with Gasteiger partial charge < -0.3 is 10.1 Å². The molecule has 7 nitrogen and oxygen atoms in total. The molecule has 1 saturated heterocycles. The van der Waals surface area contributed by atoms with Crippen molar-refractivity contribution in [3.05, 3.63) is 101 Å². The van der Waals surface area contributed by atoms with Crippen LogP contribution in [0.15, 0.2) is 79.1 Å². The number of benzene rings is 2. The first-order chi connectivity index (χ1) is 23.2. The number of rotatable bonds is 13. The Morgan fingerprint density at radius 3 is 2.35 bits per heavy atom. The van der Waals surface area contributed by atoms with Gasteiger partial charge in [0, 0.05) is 63.0 Å². The first-order valence-corrected chi connectivity index (χ1v) is 18.2. The lowest BCUT2D eigenvalue weighted by Gasteiger charge is -2.43. The smallest absolute Gasteiger partial charge is 0.239 e. The zero-order valence-electron chi connectivity index (χ0n) is 30.8. The summed E-state index contributed by atoms with van der Waals surface area (Å²) >= 11 is 0. The maximum Gasteiger partial charge on any atom is 0.239 e. The number of nitrogens with zero attached hydrogens (tertiary/aromatic N) is 3. The number of piperazine rings is 1. The molecule has 1 aliphatic carbocycles. The lowest BCUT2D eigenvalue weighted by Crippen LogP contribution is -2.62. The number of hydrogen-bond donors (Lipinski definition) is 1. The van der Waals surface area contributed by atoms with Gasteiger partial charge in [0.15, 0.2) is 0 Å². The third-order valence-corrected chi connectivity index (χ3v) is 9.90. The molecule has 2 aliphatic rings. The number of Topliss-reactive ketones (excluding diaryl/α,β-unsaturated/α-hetero) is 1. The van der Waals surface area contributed by atoms with Crippen LogP contribution in [0, 0.1) is 11.8 Å². The normalized spacial score (nSPS) is 21.6. The maximum atomic E-state index is 14.5. The van der Waals surface area contributed by atoms with Crippen LogP contribution in [0.3, 0.4) is 0 Å². The Balaban J connectivity index is 1.38. The molecule has 2 aromatic carbocycles. The standard InChI is InChI=1S/C42H58N4O3/c1-30-22-33-17-11-12-18-36(33)37(30)25-39(47)34(23-31-14-9-8-10-15-31)24-35(49-42(5,6)7)28-46-21-20-45(27-32-16-13-19-43-26-32)29-38(46)40(48)44-41(2,3)4/h8-19,26,30,34-35,37-38H,20-25,27-29H2,1-7H3,(H,44,48)/t30-,34-,35+,37-,38+/m1/s1. The van der Waals surface area contributed by atoms with Gasteiger partial charge in [0.2, 0.25) is 5.91 Å².